The Bertz CT molecular complexity index is 1060. The number of anilines is 1. The Morgan fingerprint density at radius 3 is 2.19 bits per heavy atom. The molecule has 1 heterocycles. The molecule has 14 heteroatoms. The van der Waals surface area contributed by atoms with E-state index in [1.165, 1.54) is 19.3 Å². The number of thioether (sulfide) groups is 1. The Morgan fingerprint density at radius 1 is 1.14 bits per heavy atom. The smallest absolute Gasteiger partial charge is 0.351 e. The van der Waals surface area contributed by atoms with Crippen LogP contribution in [0.25, 0.3) is 0 Å². The van der Waals surface area contributed by atoms with Gasteiger partial charge in [-0.2, -0.15) is 13.2 Å². The first-order valence-electron chi connectivity index (χ1n) is 10.7. The second-order valence-corrected chi connectivity index (χ2v) is 9.84. The van der Waals surface area contributed by atoms with E-state index in [2.05, 4.69) is 15.3 Å². The largest absolute Gasteiger partial charge is 0.446 e. The minimum atomic E-state index is -4.57. The molecule has 2 amide bonds. The summed E-state index contributed by atoms with van der Waals surface area (Å²) in [4.78, 5) is 34.8. The highest BCUT2D eigenvalue weighted by molar-refractivity contribution is 8.00. The van der Waals surface area contributed by atoms with Crippen LogP contribution in [0.2, 0.25) is 0 Å². The number of carbonyl (C=O) groups excluding carboxylic acids is 2. The van der Waals surface area contributed by atoms with Gasteiger partial charge in [-0.15, -0.1) is 0 Å². The van der Waals surface area contributed by atoms with Gasteiger partial charge < -0.3 is 5.32 Å². The summed E-state index contributed by atoms with van der Waals surface area (Å²) in [6, 6.07) is 3.68. The lowest BCUT2D eigenvalue weighted by molar-refractivity contribution is -0.132. The number of aromatic nitrogens is 2. The van der Waals surface area contributed by atoms with E-state index in [1.807, 2.05) is 0 Å². The summed E-state index contributed by atoms with van der Waals surface area (Å²) in [5, 5.41) is 2.64. The monoisotopic (exact) mass is 554 g/mol. The molecular weight excluding hydrogens is 534 g/mol. The van der Waals surface area contributed by atoms with Crippen molar-refractivity contribution in [1.82, 2.24) is 15.3 Å². The molecule has 1 aliphatic rings. The first kappa shape index (κ1) is 28.0. The molecule has 1 saturated carbocycles. The molecule has 0 radical (unpaired) electrons. The summed E-state index contributed by atoms with van der Waals surface area (Å²) in [7, 11) is 0. The third kappa shape index (κ3) is 6.61. The van der Waals surface area contributed by atoms with Gasteiger partial charge in [0, 0.05) is 47.4 Å². The van der Waals surface area contributed by atoms with Crippen LogP contribution < -0.4 is 10.2 Å². The molecule has 0 aliphatic heterocycles. The van der Waals surface area contributed by atoms with Crippen LogP contribution in [0.15, 0.2) is 47.9 Å². The molecule has 1 aromatic heterocycles. The number of rotatable bonds is 7. The maximum Gasteiger partial charge on any atom is 0.446 e. The lowest BCUT2D eigenvalue weighted by Crippen LogP contribution is -2.60. The van der Waals surface area contributed by atoms with E-state index >= 15 is 0 Å². The van der Waals surface area contributed by atoms with Gasteiger partial charge in [0.1, 0.15) is 6.33 Å². The highest BCUT2D eigenvalue weighted by Gasteiger charge is 2.48. The van der Waals surface area contributed by atoms with Crippen molar-refractivity contribution in [3.05, 3.63) is 48.5 Å². The highest BCUT2D eigenvalue weighted by Crippen LogP contribution is 2.40. The quantitative estimate of drug-likeness (QED) is 0.275. The summed E-state index contributed by atoms with van der Waals surface area (Å²) in [5.74, 6) is -5.08. The number of halogens is 7. The SMILES string of the molecule is CC(C(=O)NC1CCC(F)(F)CC1)(c1cncnc1)N(C(=O)[C@H](F)Cl)c1ccc(SC(F)(F)F)cc1. The molecule has 0 bridgehead atoms. The summed E-state index contributed by atoms with van der Waals surface area (Å²) >= 11 is 5.06. The number of hydrogen-bond donors (Lipinski definition) is 1. The minimum Gasteiger partial charge on any atom is -0.351 e. The summed E-state index contributed by atoms with van der Waals surface area (Å²) in [5.41, 5.74) is -9.33. The highest BCUT2D eigenvalue weighted by atomic mass is 35.5. The van der Waals surface area contributed by atoms with Gasteiger partial charge in [-0.25, -0.2) is 23.1 Å². The molecule has 2 atom stereocenters. The molecule has 2 aromatic rings. The average molecular weight is 555 g/mol. The van der Waals surface area contributed by atoms with Crippen LogP contribution in [-0.2, 0) is 15.1 Å². The van der Waals surface area contributed by atoms with Crippen molar-refractivity contribution in [3.63, 3.8) is 0 Å². The molecule has 196 valence electrons. The second kappa shape index (κ2) is 10.8. The second-order valence-electron chi connectivity index (χ2n) is 8.32. The van der Waals surface area contributed by atoms with Crippen LogP contribution in [0.4, 0.5) is 32.0 Å². The van der Waals surface area contributed by atoms with Crippen molar-refractivity contribution in [2.24, 2.45) is 0 Å². The van der Waals surface area contributed by atoms with Gasteiger partial charge in [0.15, 0.2) is 5.54 Å². The van der Waals surface area contributed by atoms with E-state index in [9.17, 15) is 35.9 Å². The van der Waals surface area contributed by atoms with Gasteiger partial charge in [-0.1, -0.05) is 11.6 Å². The topological polar surface area (TPSA) is 75.2 Å². The molecule has 36 heavy (non-hydrogen) atoms. The maximum absolute atomic E-state index is 14.2. The number of nitrogens with zero attached hydrogens (tertiary/aromatic N) is 3. The molecular formula is C22H21ClF6N4O2S. The van der Waals surface area contributed by atoms with E-state index in [-0.39, 0.29) is 29.0 Å². The van der Waals surface area contributed by atoms with Crippen LogP contribution in [0.3, 0.4) is 0 Å². The molecule has 1 unspecified atom stereocenters. The Labute approximate surface area is 211 Å². The zero-order valence-electron chi connectivity index (χ0n) is 18.7. The zero-order chi connectivity index (χ0) is 26.7. The van der Waals surface area contributed by atoms with Crippen LogP contribution in [-0.4, -0.2) is 44.9 Å². The fourth-order valence-electron chi connectivity index (χ4n) is 3.92. The van der Waals surface area contributed by atoms with E-state index in [0.29, 0.717) is 4.90 Å². The van der Waals surface area contributed by atoms with Crippen molar-refractivity contribution in [3.8, 4) is 0 Å². The van der Waals surface area contributed by atoms with Gasteiger partial charge >= 0.3 is 5.51 Å². The number of amides is 2. The lowest BCUT2D eigenvalue weighted by atomic mass is 9.87. The van der Waals surface area contributed by atoms with Crippen LogP contribution in [0.1, 0.15) is 38.2 Å². The van der Waals surface area contributed by atoms with Crippen molar-refractivity contribution in [2.45, 2.75) is 66.1 Å². The number of benzene rings is 1. The minimum absolute atomic E-state index is 0.0291. The normalized spacial score (nSPS) is 18.7. The van der Waals surface area contributed by atoms with E-state index in [1.54, 1.807) is 0 Å². The van der Waals surface area contributed by atoms with Crippen LogP contribution >= 0.6 is 23.4 Å². The van der Waals surface area contributed by atoms with Gasteiger partial charge in [0.2, 0.25) is 5.92 Å². The molecule has 0 spiro atoms. The maximum atomic E-state index is 14.2. The Hall–Kier alpha value is -2.54. The molecule has 3 rings (SSSR count). The molecule has 1 N–H and O–H groups in total. The van der Waals surface area contributed by atoms with Crippen molar-refractivity contribution >= 4 is 40.9 Å². The lowest BCUT2D eigenvalue weighted by Gasteiger charge is -2.41. The third-order valence-corrected chi connectivity index (χ3v) is 6.73. The molecule has 0 saturated heterocycles. The summed E-state index contributed by atoms with van der Waals surface area (Å²) in [6.45, 7) is 1.26. The first-order chi connectivity index (χ1) is 16.7. The van der Waals surface area contributed by atoms with Gasteiger partial charge in [-0.3, -0.25) is 14.5 Å². The number of nitrogens with one attached hydrogen (secondary N) is 1. The zero-order valence-corrected chi connectivity index (χ0v) is 20.3. The number of hydrogen-bond acceptors (Lipinski definition) is 5. The molecule has 1 aliphatic carbocycles. The van der Waals surface area contributed by atoms with Crippen molar-refractivity contribution in [2.75, 3.05) is 4.90 Å². The predicted molar refractivity (Wildman–Crippen MR) is 121 cm³/mol. The predicted octanol–water partition coefficient (Wildman–Crippen LogP) is 5.57. The van der Waals surface area contributed by atoms with E-state index in [0.717, 1.165) is 30.6 Å². The van der Waals surface area contributed by atoms with Crippen LogP contribution in [0, 0.1) is 0 Å². The third-order valence-electron chi connectivity index (χ3n) is 5.80. The molecule has 1 fully saturated rings. The Balaban J connectivity index is 2.04. The van der Waals surface area contributed by atoms with Gasteiger partial charge in [-0.05, 0) is 55.8 Å². The first-order valence-corrected chi connectivity index (χ1v) is 11.9. The molecule has 6 nitrogen and oxygen atoms in total. The summed E-state index contributed by atoms with van der Waals surface area (Å²) in [6.07, 6.45) is 2.61. The average Bonchev–Trinajstić information content (AvgIpc) is 2.81. The van der Waals surface area contributed by atoms with Crippen LogP contribution in [0.5, 0.6) is 0 Å². The van der Waals surface area contributed by atoms with Gasteiger partial charge in [0.25, 0.3) is 17.4 Å². The fraction of sp³-hybridized carbons (Fsp3) is 0.455. The van der Waals surface area contributed by atoms with Crippen molar-refractivity contribution in [1.29, 1.82) is 0 Å². The Morgan fingerprint density at radius 2 is 1.69 bits per heavy atom. The van der Waals surface area contributed by atoms with E-state index in [4.69, 9.17) is 11.6 Å². The fourth-order valence-corrected chi connectivity index (χ4v) is 4.56. The standard InChI is InChI=1S/C22H21ClF6N4O2S/c1-20(13-10-30-12-31-11-13,19(35)32-14-6-8-21(25,26)9-7-14)33(18(34)17(23)24)15-2-4-16(5-3-15)36-22(27,28)29/h2-5,10-12,14,17H,6-9H2,1H3,(H,32,35)/t17-,20?/m0/s1. The Kier molecular flexibility index (Phi) is 8.44. The van der Waals surface area contributed by atoms with Crippen molar-refractivity contribution < 1.29 is 35.9 Å². The summed E-state index contributed by atoms with van der Waals surface area (Å²) < 4.78 is 79.5. The number of alkyl halides is 7. The number of carbonyl (C=O) groups is 2. The van der Waals surface area contributed by atoms with Gasteiger partial charge in [0.05, 0.1) is 0 Å². The van der Waals surface area contributed by atoms with E-state index < -0.39 is 65.1 Å². The molecule has 1 aromatic carbocycles.